The van der Waals surface area contributed by atoms with Crippen LogP contribution in [0.1, 0.15) is 58.4 Å². The number of rotatable bonds is 5. The molecule has 1 N–H and O–H groups in total. The Bertz CT molecular complexity index is 1130. The van der Waals surface area contributed by atoms with Crippen LogP contribution in [0, 0.1) is 0 Å². The highest BCUT2D eigenvalue weighted by atomic mass is 16.2. The van der Waals surface area contributed by atoms with E-state index in [0.29, 0.717) is 16.5 Å². The summed E-state index contributed by atoms with van der Waals surface area (Å²) in [4.78, 5) is 41.8. The van der Waals surface area contributed by atoms with Crippen molar-refractivity contribution >= 4 is 28.5 Å². The molecule has 5 heteroatoms. The summed E-state index contributed by atoms with van der Waals surface area (Å²) in [7, 11) is 0. The lowest BCUT2D eigenvalue weighted by Gasteiger charge is -2.34. The molecule has 1 aliphatic carbocycles. The first kappa shape index (κ1) is 20.4. The third-order valence-electron chi connectivity index (χ3n) is 6.64. The maximum absolute atomic E-state index is 13.6. The first-order valence-electron chi connectivity index (χ1n) is 11.4. The molecule has 3 aromatic carbocycles. The van der Waals surface area contributed by atoms with Gasteiger partial charge in [-0.2, -0.15) is 0 Å². The van der Waals surface area contributed by atoms with E-state index in [-0.39, 0.29) is 18.4 Å². The zero-order valence-electron chi connectivity index (χ0n) is 17.9. The summed E-state index contributed by atoms with van der Waals surface area (Å²) in [5.41, 5.74) is 1.86. The zero-order valence-corrected chi connectivity index (χ0v) is 17.9. The van der Waals surface area contributed by atoms with Gasteiger partial charge in [0.05, 0.1) is 0 Å². The smallest absolute Gasteiger partial charge is 0.262 e. The predicted octanol–water partition coefficient (Wildman–Crippen LogP) is 4.50. The summed E-state index contributed by atoms with van der Waals surface area (Å²) in [6.07, 6.45) is 5.52. The second kappa shape index (κ2) is 8.58. The average molecular weight is 427 g/mol. The molecule has 32 heavy (non-hydrogen) atoms. The van der Waals surface area contributed by atoms with Crippen molar-refractivity contribution in [2.75, 3.05) is 0 Å². The molecule has 5 nitrogen and oxygen atoms in total. The molecule has 0 radical (unpaired) electrons. The Morgan fingerprint density at radius 1 is 0.844 bits per heavy atom. The van der Waals surface area contributed by atoms with E-state index in [4.69, 9.17) is 0 Å². The molecule has 1 atom stereocenters. The number of carbonyl (C=O) groups excluding carboxylic acids is 3. The van der Waals surface area contributed by atoms with Gasteiger partial charge in [-0.25, -0.2) is 0 Å². The minimum absolute atomic E-state index is 0.0974. The fourth-order valence-corrected chi connectivity index (χ4v) is 5.02. The molecule has 1 saturated carbocycles. The fraction of sp³-hybridized carbons (Fsp3) is 0.296. The van der Waals surface area contributed by atoms with E-state index in [9.17, 15) is 14.4 Å². The average Bonchev–Trinajstić information content (AvgIpc) is 2.83. The first-order valence-corrected chi connectivity index (χ1v) is 11.4. The van der Waals surface area contributed by atoms with Gasteiger partial charge in [-0.1, -0.05) is 73.9 Å². The van der Waals surface area contributed by atoms with Crippen LogP contribution in [0.15, 0.2) is 66.7 Å². The molecule has 0 spiro atoms. The van der Waals surface area contributed by atoms with E-state index < -0.39 is 17.9 Å². The molecule has 3 aromatic rings. The van der Waals surface area contributed by atoms with Gasteiger partial charge in [0.15, 0.2) is 0 Å². The molecular weight excluding hydrogens is 400 g/mol. The third-order valence-corrected chi connectivity index (χ3v) is 6.64. The van der Waals surface area contributed by atoms with E-state index in [2.05, 4.69) is 5.32 Å². The van der Waals surface area contributed by atoms with Crippen molar-refractivity contribution in [3.8, 4) is 0 Å². The molecule has 0 aromatic heterocycles. The largest absolute Gasteiger partial charge is 0.352 e. The highest BCUT2D eigenvalue weighted by Crippen LogP contribution is 2.32. The normalized spacial score (nSPS) is 17.4. The summed E-state index contributed by atoms with van der Waals surface area (Å²) in [6, 6.07) is 19.7. The van der Waals surface area contributed by atoms with Crippen LogP contribution in [0.3, 0.4) is 0 Å². The van der Waals surface area contributed by atoms with Crippen LogP contribution in [0.5, 0.6) is 0 Å². The van der Waals surface area contributed by atoms with Crippen LogP contribution in [-0.4, -0.2) is 34.7 Å². The van der Waals surface area contributed by atoms with E-state index >= 15 is 0 Å². The summed E-state index contributed by atoms with van der Waals surface area (Å²) >= 11 is 0. The monoisotopic (exact) mass is 426 g/mol. The maximum atomic E-state index is 13.6. The second-order valence-corrected chi connectivity index (χ2v) is 8.74. The molecule has 0 saturated heterocycles. The number of hydrogen-bond donors (Lipinski definition) is 1. The SMILES string of the molecule is O=C(NC1CCCCC1)[C@@H](Cc1ccccc1)N1C(=O)c2cccc3cccc(c23)C1=O. The van der Waals surface area contributed by atoms with Crippen LogP contribution >= 0.6 is 0 Å². The van der Waals surface area contributed by atoms with Crippen molar-refractivity contribution < 1.29 is 14.4 Å². The molecule has 162 valence electrons. The predicted molar refractivity (Wildman–Crippen MR) is 123 cm³/mol. The van der Waals surface area contributed by atoms with Gasteiger partial charge in [0.2, 0.25) is 5.91 Å². The van der Waals surface area contributed by atoms with Gasteiger partial charge in [0.1, 0.15) is 6.04 Å². The topological polar surface area (TPSA) is 66.5 Å². The zero-order chi connectivity index (χ0) is 22.1. The van der Waals surface area contributed by atoms with Gasteiger partial charge in [-0.15, -0.1) is 0 Å². The summed E-state index contributed by atoms with van der Waals surface area (Å²) < 4.78 is 0. The molecular formula is C27H26N2O3. The molecule has 1 fully saturated rings. The van der Waals surface area contributed by atoms with Crippen LogP contribution in [0.25, 0.3) is 10.8 Å². The molecule has 2 aliphatic rings. The lowest BCUT2D eigenvalue weighted by molar-refractivity contribution is -0.126. The quantitative estimate of drug-likeness (QED) is 0.611. The summed E-state index contributed by atoms with van der Waals surface area (Å²) in [5.74, 6) is -1.06. The summed E-state index contributed by atoms with van der Waals surface area (Å²) in [6.45, 7) is 0. The minimum Gasteiger partial charge on any atom is -0.352 e. The molecule has 5 rings (SSSR count). The van der Waals surface area contributed by atoms with E-state index in [1.807, 2.05) is 54.6 Å². The van der Waals surface area contributed by atoms with Gasteiger partial charge >= 0.3 is 0 Å². The maximum Gasteiger partial charge on any atom is 0.262 e. The van der Waals surface area contributed by atoms with E-state index in [1.165, 1.54) is 11.3 Å². The Labute approximate surface area is 187 Å². The van der Waals surface area contributed by atoms with Crippen LogP contribution in [0.2, 0.25) is 0 Å². The number of hydrogen-bond acceptors (Lipinski definition) is 3. The summed E-state index contributed by atoms with van der Waals surface area (Å²) in [5, 5.41) is 4.67. The minimum atomic E-state index is -0.900. The van der Waals surface area contributed by atoms with Crippen molar-refractivity contribution in [3.05, 3.63) is 83.4 Å². The number of amides is 3. The fourth-order valence-electron chi connectivity index (χ4n) is 5.02. The lowest BCUT2D eigenvalue weighted by atomic mass is 9.91. The van der Waals surface area contributed by atoms with Gasteiger partial charge in [-0.3, -0.25) is 19.3 Å². The molecule has 1 heterocycles. The second-order valence-electron chi connectivity index (χ2n) is 8.74. The third kappa shape index (κ3) is 3.68. The Morgan fingerprint density at radius 2 is 1.47 bits per heavy atom. The van der Waals surface area contributed by atoms with Crippen molar-refractivity contribution in [2.45, 2.75) is 50.6 Å². The molecule has 0 bridgehead atoms. The Kier molecular flexibility index (Phi) is 5.48. The lowest BCUT2D eigenvalue weighted by Crippen LogP contribution is -2.56. The Hall–Kier alpha value is -3.47. The van der Waals surface area contributed by atoms with E-state index in [1.54, 1.807) is 12.1 Å². The van der Waals surface area contributed by atoms with Crippen molar-refractivity contribution in [1.82, 2.24) is 10.2 Å². The molecule has 1 aliphatic heterocycles. The highest BCUT2D eigenvalue weighted by molar-refractivity contribution is 6.26. The molecule has 0 unspecified atom stereocenters. The van der Waals surface area contributed by atoms with Crippen molar-refractivity contribution in [3.63, 3.8) is 0 Å². The van der Waals surface area contributed by atoms with Crippen molar-refractivity contribution in [1.29, 1.82) is 0 Å². The highest BCUT2D eigenvalue weighted by Gasteiger charge is 2.41. The van der Waals surface area contributed by atoms with Crippen molar-refractivity contribution in [2.24, 2.45) is 0 Å². The number of nitrogens with one attached hydrogen (secondary N) is 1. The van der Waals surface area contributed by atoms with Gasteiger partial charge in [0.25, 0.3) is 11.8 Å². The van der Waals surface area contributed by atoms with Crippen LogP contribution in [-0.2, 0) is 11.2 Å². The van der Waals surface area contributed by atoms with Crippen LogP contribution in [0.4, 0.5) is 0 Å². The van der Waals surface area contributed by atoms with Gasteiger partial charge in [0, 0.05) is 29.0 Å². The van der Waals surface area contributed by atoms with Gasteiger partial charge < -0.3 is 5.32 Å². The number of imide groups is 1. The van der Waals surface area contributed by atoms with E-state index in [0.717, 1.165) is 36.6 Å². The van der Waals surface area contributed by atoms with Crippen LogP contribution < -0.4 is 5.32 Å². The number of nitrogens with zero attached hydrogens (tertiary/aromatic N) is 1. The first-order chi connectivity index (χ1) is 15.6. The number of benzene rings is 3. The Balaban J connectivity index is 1.53. The Morgan fingerprint density at radius 3 is 2.09 bits per heavy atom. The van der Waals surface area contributed by atoms with Gasteiger partial charge in [-0.05, 0) is 35.9 Å². The number of carbonyl (C=O) groups is 3. The standard InChI is InChI=1S/C27H26N2O3/c30-25(28-20-13-5-2-6-14-20)23(17-18-9-3-1-4-10-18)29-26(31)21-15-7-11-19-12-8-16-22(24(19)21)27(29)32/h1,3-4,7-12,15-16,20,23H,2,5-6,13-14,17H2,(H,28,30)/t23-/m1/s1. The molecule has 3 amide bonds.